The Hall–Kier alpha value is -2.14. The third kappa shape index (κ3) is 2.51. The van der Waals surface area contributed by atoms with Crippen LogP contribution >= 0.6 is 11.3 Å². The van der Waals surface area contributed by atoms with Crippen molar-refractivity contribution in [2.24, 2.45) is 0 Å². The summed E-state index contributed by atoms with van der Waals surface area (Å²) < 4.78 is 10.6. The number of nitrogens with zero attached hydrogens (tertiary/aromatic N) is 1. The number of hydrogen-bond acceptors (Lipinski definition) is 5. The van der Waals surface area contributed by atoms with Crippen LogP contribution in [-0.2, 0) is 11.3 Å². The van der Waals surface area contributed by atoms with Crippen LogP contribution in [-0.4, -0.2) is 11.0 Å². The minimum Gasteiger partial charge on any atom is -0.451 e. The molecule has 4 nitrogen and oxygen atoms in total. The molecule has 3 rings (SSSR count). The minimum absolute atomic E-state index is 0.0461. The number of para-hydroxylation sites is 2. The molecular formula is C14H11NO3S. The van der Waals surface area contributed by atoms with Gasteiger partial charge in [0.1, 0.15) is 10.4 Å². The molecule has 96 valence electrons. The molecule has 3 aromatic rings. The zero-order valence-electron chi connectivity index (χ0n) is 10.3. The van der Waals surface area contributed by atoms with Crippen LogP contribution in [0.25, 0.3) is 11.1 Å². The van der Waals surface area contributed by atoms with Gasteiger partial charge in [-0.15, -0.1) is 11.3 Å². The van der Waals surface area contributed by atoms with Crippen LogP contribution in [0.2, 0.25) is 0 Å². The van der Waals surface area contributed by atoms with E-state index in [2.05, 4.69) is 4.98 Å². The maximum absolute atomic E-state index is 11.8. The highest BCUT2D eigenvalue weighted by Crippen LogP contribution is 2.18. The number of hydrogen-bond donors (Lipinski definition) is 0. The summed E-state index contributed by atoms with van der Waals surface area (Å²) in [6, 6.07) is 11.1. The number of fused-ring (bicyclic) bond motifs is 1. The lowest BCUT2D eigenvalue weighted by molar-refractivity contribution is 0.0446. The Labute approximate surface area is 113 Å². The second-order valence-corrected chi connectivity index (χ2v) is 5.35. The van der Waals surface area contributed by atoms with Gasteiger partial charge in [-0.05, 0) is 31.2 Å². The molecule has 0 radical (unpaired) electrons. The number of oxazole rings is 1. The summed E-state index contributed by atoms with van der Waals surface area (Å²) in [6.07, 6.45) is 0. The van der Waals surface area contributed by atoms with Crippen LogP contribution in [0.5, 0.6) is 0 Å². The van der Waals surface area contributed by atoms with Crippen LogP contribution in [0.15, 0.2) is 40.8 Å². The number of carbonyl (C=O) groups excluding carboxylic acids is 1. The van der Waals surface area contributed by atoms with Crippen molar-refractivity contribution in [1.82, 2.24) is 4.98 Å². The fourth-order valence-corrected chi connectivity index (χ4v) is 2.49. The average molecular weight is 273 g/mol. The Bertz CT molecular complexity index is 696. The summed E-state index contributed by atoms with van der Waals surface area (Å²) in [5.41, 5.74) is 1.46. The fraction of sp³-hybridized carbons (Fsp3) is 0.143. The maximum atomic E-state index is 11.8. The van der Waals surface area contributed by atoms with Crippen LogP contribution in [0, 0.1) is 6.92 Å². The molecule has 2 heterocycles. The van der Waals surface area contributed by atoms with Crippen molar-refractivity contribution in [1.29, 1.82) is 0 Å². The first-order chi connectivity index (χ1) is 9.22. The van der Waals surface area contributed by atoms with Crippen molar-refractivity contribution in [2.75, 3.05) is 0 Å². The first-order valence-corrected chi connectivity index (χ1v) is 6.62. The van der Waals surface area contributed by atoms with Crippen LogP contribution in [0.4, 0.5) is 0 Å². The van der Waals surface area contributed by atoms with E-state index in [-0.39, 0.29) is 12.6 Å². The van der Waals surface area contributed by atoms with Crippen molar-refractivity contribution in [2.45, 2.75) is 13.5 Å². The zero-order valence-corrected chi connectivity index (χ0v) is 11.1. The zero-order chi connectivity index (χ0) is 13.2. The van der Waals surface area contributed by atoms with Gasteiger partial charge in [-0.25, -0.2) is 9.78 Å². The predicted molar refractivity (Wildman–Crippen MR) is 72.2 cm³/mol. The summed E-state index contributed by atoms with van der Waals surface area (Å²) in [7, 11) is 0. The molecule has 0 unspecified atom stereocenters. The molecule has 0 saturated heterocycles. The SMILES string of the molecule is Cc1ccc(C(=O)OCc2nc3ccccc3o2)s1. The summed E-state index contributed by atoms with van der Waals surface area (Å²) >= 11 is 1.41. The molecule has 0 spiro atoms. The lowest BCUT2D eigenvalue weighted by atomic mass is 10.3. The Morgan fingerprint density at radius 3 is 2.89 bits per heavy atom. The minimum atomic E-state index is -0.347. The molecule has 0 saturated carbocycles. The normalized spacial score (nSPS) is 10.8. The molecule has 2 aromatic heterocycles. The van der Waals surface area contributed by atoms with E-state index in [0.717, 1.165) is 10.4 Å². The monoisotopic (exact) mass is 273 g/mol. The van der Waals surface area contributed by atoms with Gasteiger partial charge in [-0.1, -0.05) is 12.1 Å². The van der Waals surface area contributed by atoms with E-state index < -0.39 is 0 Å². The van der Waals surface area contributed by atoms with Gasteiger partial charge in [-0.2, -0.15) is 0 Å². The Morgan fingerprint density at radius 2 is 2.16 bits per heavy atom. The molecule has 5 heteroatoms. The topological polar surface area (TPSA) is 52.3 Å². The highest BCUT2D eigenvalue weighted by atomic mass is 32.1. The number of rotatable bonds is 3. The second kappa shape index (κ2) is 4.85. The highest BCUT2D eigenvalue weighted by Gasteiger charge is 2.12. The van der Waals surface area contributed by atoms with Gasteiger partial charge in [0.05, 0.1) is 0 Å². The molecule has 0 bridgehead atoms. The Kier molecular flexibility index (Phi) is 3.05. The van der Waals surface area contributed by atoms with Crippen LogP contribution in [0.1, 0.15) is 20.4 Å². The van der Waals surface area contributed by atoms with Gasteiger partial charge < -0.3 is 9.15 Å². The lowest BCUT2D eigenvalue weighted by Gasteiger charge is -1.98. The average Bonchev–Trinajstić information content (AvgIpc) is 3.01. The first-order valence-electron chi connectivity index (χ1n) is 5.80. The molecule has 0 aliphatic heterocycles. The predicted octanol–water partition coefficient (Wildman–Crippen LogP) is 3.55. The Morgan fingerprint density at radius 1 is 1.32 bits per heavy atom. The largest absolute Gasteiger partial charge is 0.451 e. The van der Waals surface area contributed by atoms with E-state index in [1.165, 1.54) is 11.3 Å². The van der Waals surface area contributed by atoms with Gasteiger partial charge in [0, 0.05) is 4.88 Å². The summed E-state index contributed by atoms with van der Waals surface area (Å²) in [5.74, 6) is 0.0585. The van der Waals surface area contributed by atoms with Crippen molar-refractivity contribution < 1.29 is 13.9 Å². The molecule has 19 heavy (non-hydrogen) atoms. The number of benzene rings is 1. The summed E-state index contributed by atoms with van der Waals surface area (Å²) in [4.78, 5) is 17.7. The summed E-state index contributed by atoms with van der Waals surface area (Å²) in [5, 5.41) is 0. The first kappa shape index (κ1) is 11.9. The van der Waals surface area contributed by atoms with E-state index in [1.807, 2.05) is 37.3 Å². The third-order valence-corrected chi connectivity index (χ3v) is 3.59. The number of carbonyl (C=O) groups is 1. The summed E-state index contributed by atoms with van der Waals surface area (Å²) in [6.45, 7) is 1.99. The van der Waals surface area contributed by atoms with Crippen molar-refractivity contribution >= 4 is 28.4 Å². The van der Waals surface area contributed by atoms with Gasteiger partial charge >= 0.3 is 5.97 Å². The van der Waals surface area contributed by atoms with Crippen molar-refractivity contribution in [3.63, 3.8) is 0 Å². The smallest absolute Gasteiger partial charge is 0.348 e. The molecule has 0 aliphatic rings. The van der Waals surface area contributed by atoms with E-state index in [1.54, 1.807) is 6.07 Å². The molecule has 0 aliphatic carbocycles. The maximum Gasteiger partial charge on any atom is 0.348 e. The quantitative estimate of drug-likeness (QED) is 0.685. The van der Waals surface area contributed by atoms with E-state index in [9.17, 15) is 4.79 Å². The van der Waals surface area contributed by atoms with Crippen molar-refractivity contribution in [3.8, 4) is 0 Å². The lowest BCUT2D eigenvalue weighted by Crippen LogP contribution is -2.03. The van der Waals surface area contributed by atoms with Gasteiger partial charge in [-0.3, -0.25) is 0 Å². The number of thiophene rings is 1. The van der Waals surface area contributed by atoms with Gasteiger partial charge in [0.25, 0.3) is 0 Å². The van der Waals surface area contributed by atoms with E-state index >= 15 is 0 Å². The molecule has 1 aromatic carbocycles. The number of aryl methyl sites for hydroxylation is 1. The molecular weight excluding hydrogens is 262 g/mol. The van der Waals surface area contributed by atoms with Gasteiger partial charge in [0.15, 0.2) is 12.2 Å². The van der Waals surface area contributed by atoms with Crippen LogP contribution in [0.3, 0.4) is 0 Å². The molecule has 0 amide bonds. The molecule has 0 fully saturated rings. The fourth-order valence-electron chi connectivity index (χ4n) is 1.72. The third-order valence-electron chi connectivity index (χ3n) is 2.61. The van der Waals surface area contributed by atoms with Crippen LogP contribution < -0.4 is 0 Å². The van der Waals surface area contributed by atoms with E-state index in [4.69, 9.17) is 9.15 Å². The highest BCUT2D eigenvalue weighted by molar-refractivity contribution is 7.13. The number of aromatic nitrogens is 1. The van der Waals surface area contributed by atoms with E-state index in [0.29, 0.717) is 16.4 Å². The Balaban J connectivity index is 1.70. The van der Waals surface area contributed by atoms with Crippen molar-refractivity contribution in [3.05, 3.63) is 52.0 Å². The van der Waals surface area contributed by atoms with Gasteiger partial charge in [0.2, 0.25) is 5.89 Å². The standard InChI is InChI=1S/C14H11NO3S/c1-9-6-7-12(19-9)14(16)17-8-13-15-10-4-2-3-5-11(10)18-13/h2-7H,8H2,1H3. The second-order valence-electron chi connectivity index (χ2n) is 4.06. The number of ether oxygens (including phenoxy) is 1. The molecule has 0 N–H and O–H groups in total. The number of esters is 1. The molecule has 0 atom stereocenters.